The van der Waals surface area contributed by atoms with Crippen LogP contribution in [0.5, 0.6) is 0 Å². The van der Waals surface area contributed by atoms with Gasteiger partial charge in [-0.05, 0) is 42.8 Å². The Morgan fingerprint density at radius 2 is 1.66 bits per heavy atom. The minimum atomic E-state index is -0.217. The lowest BCUT2D eigenvalue weighted by Gasteiger charge is -2.28. The Labute approximate surface area is 169 Å². The van der Waals surface area contributed by atoms with Gasteiger partial charge in [0, 0.05) is 31.0 Å². The minimum Gasteiger partial charge on any atom is -0.378 e. The summed E-state index contributed by atoms with van der Waals surface area (Å²) in [5.74, 6) is -0.217. The molecule has 0 radical (unpaired) electrons. The normalized spacial score (nSPS) is 14.3. The Hall–Kier alpha value is -3.06. The maximum atomic E-state index is 12.8. The zero-order valence-corrected chi connectivity index (χ0v) is 16.6. The summed E-state index contributed by atoms with van der Waals surface area (Å²) in [5, 5.41) is 2.90. The molecule has 1 aliphatic rings. The molecule has 0 atom stereocenters. The molecule has 1 fully saturated rings. The predicted octanol–water partition coefficient (Wildman–Crippen LogP) is 2.69. The Morgan fingerprint density at radius 3 is 2.31 bits per heavy atom. The van der Waals surface area contributed by atoms with E-state index in [1.165, 1.54) is 0 Å². The van der Waals surface area contributed by atoms with Crippen LogP contribution in [0.4, 0.5) is 11.4 Å². The largest absolute Gasteiger partial charge is 0.378 e. The number of aromatic nitrogens is 2. The minimum absolute atomic E-state index is 0.0126. The van der Waals surface area contributed by atoms with Gasteiger partial charge >= 0.3 is 5.69 Å². The van der Waals surface area contributed by atoms with Crippen molar-refractivity contribution >= 4 is 28.3 Å². The van der Waals surface area contributed by atoms with E-state index in [4.69, 9.17) is 4.74 Å². The molecular formula is C22H26N4O3. The van der Waals surface area contributed by atoms with E-state index in [1.54, 1.807) is 9.13 Å². The highest BCUT2D eigenvalue weighted by molar-refractivity contribution is 5.91. The van der Waals surface area contributed by atoms with Gasteiger partial charge in [-0.1, -0.05) is 19.1 Å². The van der Waals surface area contributed by atoms with Crippen LogP contribution in [0.15, 0.2) is 53.3 Å². The van der Waals surface area contributed by atoms with Crippen molar-refractivity contribution in [2.45, 2.75) is 26.4 Å². The van der Waals surface area contributed by atoms with Crippen molar-refractivity contribution in [2.24, 2.45) is 0 Å². The fraction of sp³-hybridized carbons (Fsp3) is 0.364. The van der Waals surface area contributed by atoms with Gasteiger partial charge in [-0.15, -0.1) is 0 Å². The fourth-order valence-electron chi connectivity index (χ4n) is 3.79. The molecule has 0 saturated carbocycles. The summed E-state index contributed by atoms with van der Waals surface area (Å²) >= 11 is 0. The first-order valence-electron chi connectivity index (χ1n) is 10.1. The monoisotopic (exact) mass is 394 g/mol. The zero-order chi connectivity index (χ0) is 20.2. The van der Waals surface area contributed by atoms with Crippen LogP contribution in [0.1, 0.15) is 13.3 Å². The summed E-state index contributed by atoms with van der Waals surface area (Å²) in [6.07, 6.45) is 0.857. The van der Waals surface area contributed by atoms with Crippen LogP contribution in [0.25, 0.3) is 11.0 Å². The molecule has 4 rings (SSSR count). The molecule has 1 saturated heterocycles. The molecule has 1 N–H and O–H groups in total. The van der Waals surface area contributed by atoms with Crippen molar-refractivity contribution in [3.8, 4) is 0 Å². The average molecular weight is 394 g/mol. The van der Waals surface area contributed by atoms with E-state index in [0.29, 0.717) is 6.54 Å². The highest BCUT2D eigenvalue weighted by Gasteiger charge is 2.15. The first kappa shape index (κ1) is 19.3. The van der Waals surface area contributed by atoms with Crippen molar-refractivity contribution < 1.29 is 9.53 Å². The summed E-state index contributed by atoms with van der Waals surface area (Å²) in [4.78, 5) is 27.7. The van der Waals surface area contributed by atoms with Crippen molar-refractivity contribution in [1.29, 1.82) is 0 Å². The number of carbonyl (C=O) groups is 1. The third-order valence-corrected chi connectivity index (χ3v) is 5.20. The lowest BCUT2D eigenvalue weighted by Crippen LogP contribution is -2.36. The third-order valence-electron chi connectivity index (χ3n) is 5.20. The molecule has 0 unspecified atom stereocenters. The molecule has 7 heteroatoms. The Bertz CT molecular complexity index is 1050. The molecule has 1 aromatic heterocycles. The number of ether oxygens (including phenoxy) is 1. The molecule has 3 aromatic rings. The molecule has 0 aliphatic carbocycles. The first-order chi connectivity index (χ1) is 14.2. The van der Waals surface area contributed by atoms with Gasteiger partial charge < -0.3 is 15.0 Å². The first-order valence-corrected chi connectivity index (χ1v) is 10.1. The smallest absolute Gasteiger partial charge is 0.329 e. The van der Waals surface area contributed by atoms with E-state index in [1.807, 2.05) is 55.5 Å². The standard InChI is InChI=1S/C22H26N4O3/c1-2-11-25-19-5-3-4-6-20(19)26(22(25)28)16-21(27)23-17-7-9-18(10-8-17)24-12-14-29-15-13-24/h3-10H,2,11-16H2,1H3,(H,23,27). The van der Waals surface area contributed by atoms with Crippen molar-refractivity contribution in [3.05, 3.63) is 59.0 Å². The maximum Gasteiger partial charge on any atom is 0.329 e. The van der Waals surface area contributed by atoms with E-state index in [9.17, 15) is 9.59 Å². The molecule has 2 heterocycles. The Kier molecular flexibility index (Phi) is 5.67. The van der Waals surface area contributed by atoms with Crippen LogP contribution in [-0.4, -0.2) is 41.3 Å². The number of fused-ring (bicyclic) bond motifs is 1. The molecule has 152 valence electrons. The number of imidazole rings is 1. The summed E-state index contributed by atoms with van der Waals surface area (Å²) in [5.41, 5.74) is 3.33. The topological polar surface area (TPSA) is 68.5 Å². The van der Waals surface area contributed by atoms with E-state index in [0.717, 1.165) is 55.1 Å². The number of nitrogens with zero attached hydrogens (tertiary/aromatic N) is 3. The van der Waals surface area contributed by atoms with E-state index >= 15 is 0 Å². The number of morpholine rings is 1. The molecule has 1 amide bonds. The highest BCUT2D eigenvalue weighted by atomic mass is 16.5. The third kappa shape index (κ3) is 4.05. The highest BCUT2D eigenvalue weighted by Crippen LogP contribution is 2.19. The Morgan fingerprint density at radius 1 is 1.00 bits per heavy atom. The van der Waals surface area contributed by atoms with Gasteiger partial charge in [-0.3, -0.25) is 13.9 Å². The molecule has 2 aromatic carbocycles. The second-order valence-electron chi connectivity index (χ2n) is 7.20. The number of nitrogens with one attached hydrogen (secondary N) is 1. The zero-order valence-electron chi connectivity index (χ0n) is 16.6. The summed E-state index contributed by atoms with van der Waals surface area (Å²) in [6, 6.07) is 15.4. The van der Waals surface area contributed by atoms with Gasteiger partial charge in [0.1, 0.15) is 6.54 Å². The van der Waals surface area contributed by atoms with Crippen LogP contribution in [0.3, 0.4) is 0 Å². The number of para-hydroxylation sites is 2. The van der Waals surface area contributed by atoms with Crippen LogP contribution in [0.2, 0.25) is 0 Å². The van der Waals surface area contributed by atoms with Gasteiger partial charge in [0.05, 0.1) is 24.2 Å². The number of carbonyl (C=O) groups excluding carboxylic acids is 1. The molecule has 0 bridgehead atoms. The number of hydrogen-bond donors (Lipinski definition) is 1. The van der Waals surface area contributed by atoms with Crippen molar-refractivity contribution in [2.75, 3.05) is 36.5 Å². The fourth-order valence-corrected chi connectivity index (χ4v) is 3.79. The Balaban J connectivity index is 1.49. The number of anilines is 2. The van der Waals surface area contributed by atoms with Gasteiger partial charge in [0.2, 0.25) is 5.91 Å². The number of amides is 1. The van der Waals surface area contributed by atoms with E-state index < -0.39 is 0 Å². The second-order valence-corrected chi connectivity index (χ2v) is 7.20. The van der Waals surface area contributed by atoms with E-state index in [2.05, 4.69) is 10.2 Å². The van der Waals surface area contributed by atoms with Crippen molar-refractivity contribution in [3.63, 3.8) is 0 Å². The molecular weight excluding hydrogens is 368 g/mol. The number of benzene rings is 2. The maximum absolute atomic E-state index is 12.8. The lowest BCUT2D eigenvalue weighted by atomic mass is 10.2. The van der Waals surface area contributed by atoms with Gasteiger partial charge in [0.15, 0.2) is 0 Å². The number of hydrogen-bond acceptors (Lipinski definition) is 4. The van der Waals surface area contributed by atoms with Crippen LogP contribution >= 0.6 is 0 Å². The van der Waals surface area contributed by atoms with Crippen molar-refractivity contribution in [1.82, 2.24) is 9.13 Å². The van der Waals surface area contributed by atoms with E-state index in [-0.39, 0.29) is 18.1 Å². The number of aryl methyl sites for hydroxylation is 1. The summed E-state index contributed by atoms with van der Waals surface area (Å²) in [7, 11) is 0. The second kappa shape index (κ2) is 8.53. The summed E-state index contributed by atoms with van der Waals surface area (Å²) in [6.45, 7) is 5.87. The quantitative estimate of drug-likeness (QED) is 0.698. The van der Waals surface area contributed by atoms with Crippen LogP contribution in [-0.2, 0) is 22.6 Å². The van der Waals surface area contributed by atoms with Gasteiger partial charge in [-0.2, -0.15) is 0 Å². The average Bonchev–Trinajstić information content (AvgIpc) is 3.01. The molecule has 0 spiro atoms. The molecule has 29 heavy (non-hydrogen) atoms. The lowest BCUT2D eigenvalue weighted by molar-refractivity contribution is -0.116. The van der Waals surface area contributed by atoms with Crippen LogP contribution < -0.4 is 15.9 Å². The van der Waals surface area contributed by atoms with Gasteiger partial charge in [0.25, 0.3) is 0 Å². The molecule has 7 nitrogen and oxygen atoms in total. The summed E-state index contributed by atoms with van der Waals surface area (Å²) < 4.78 is 8.66. The van der Waals surface area contributed by atoms with Crippen LogP contribution in [0, 0.1) is 0 Å². The number of rotatable bonds is 6. The SMILES string of the molecule is CCCn1c(=O)n(CC(=O)Nc2ccc(N3CCOCC3)cc2)c2ccccc21. The van der Waals surface area contributed by atoms with Gasteiger partial charge in [-0.25, -0.2) is 4.79 Å². The molecule has 1 aliphatic heterocycles. The predicted molar refractivity (Wildman–Crippen MR) is 115 cm³/mol.